The van der Waals surface area contributed by atoms with Gasteiger partial charge >= 0.3 is 0 Å². The van der Waals surface area contributed by atoms with Crippen LogP contribution in [0.4, 0.5) is 0 Å². The number of primary amides is 1. The fourth-order valence-corrected chi connectivity index (χ4v) is 1.63. The Kier molecular flexibility index (Phi) is 6.56. The van der Waals surface area contributed by atoms with E-state index in [1.165, 1.54) is 6.42 Å². The van der Waals surface area contributed by atoms with E-state index in [1.807, 2.05) is 24.3 Å². The number of rotatable bonds is 8. The number of carbonyl (C=O) groups is 2. The molecule has 0 unspecified atom stereocenters. The van der Waals surface area contributed by atoms with E-state index >= 15 is 0 Å². The van der Waals surface area contributed by atoms with Crippen molar-refractivity contribution in [3.8, 4) is 5.75 Å². The first-order valence-electron chi connectivity index (χ1n) is 6.56. The minimum atomic E-state index is -0.398. The van der Waals surface area contributed by atoms with Gasteiger partial charge in [0.05, 0.1) is 13.5 Å². The zero-order chi connectivity index (χ0) is 15.0. The molecule has 0 aromatic heterocycles. The summed E-state index contributed by atoms with van der Waals surface area (Å²) in [6.07, 6.45) is 2.55. The van der Waals surface area contributed by atoms with E-state index in [2.05, 4.69) is 5.32 Å². The smallest absolute Gasteiger partial charge is 0.223 e. The second-order valence-electron chi connectivity index (χ2n) is 4.64. The van der Waals surface area contributed by atoms with Gasteiger partial charge in [-0.05, 0) is 30.5 Å². The van der Waals surface area contributed by atoms with Crippen LogP contribution in [0.5, 0.6) is 5.75 Å². The van der Waals surface area contributed by atoms with E-state index in [0.717, 1.165) is 17.7 Å². The van der Waals surface area contributed by atoms with Crippen LogP contribution >= 0.6 is 0 Å². The average molecular weight is 277 g/mol. The van der Waals surface area contributed by atoms with Crippen LogP contribution in [0, 0.1) is 12.3 Å². The minimum Gasteiger partial charge on any atom is -0.497 e. The minimum absolute atomic E-state index is 0.180. The summed E-state index contributed by atoms with van der Waals surface area (Å²) in [7, 11) is 1.62. The summed E-state index contributed by atoms with van der Waals surface area (Å²) in [6, 6.07) is 7.70. The first-order chi connectivity index (χ1) is 9.52. The van der Waals surface area contributed by atoms with Crippen LogP contribution in [0.15, 0.2) is 24.3 Å². The van der Waals surface area contributed by atoms with E-state index in [1.54, 1.807) is 14.0 Å². The number of methoxy groups -OCH3 is 1. The second kappa shape index (κ2) is 8.19. The molecule has 0 spiro atoms. The molecule has 2 amide bonds. The summed E-state index contributed by atoms with van der Waals surface area (Å²) in [4.78, 5) is 22.4. The van der Waals surface area contributed by atoms with Crippen LogP contribution in [-0.4, -0.2) is 25.5 Å². The summed E-state index contributed by atoms with van der Waals surface area (Å²) < 4.78 is 5.13. The average Bonchev–Trinajstić information content (AvgIpc) is 2.44. The third-order valence-corrected chi connectivity index (χ3v) is 2.99. The predicted octanol–water partition coefficient (Wildman–Crippen LogP) is 1.07. The lowest BCUT2D eigenvalue weighted by molar-refractivity contribution is -0.121. The quantitative estimate of drug-likeness (QED) is 0.745. The molecule has 3 N–H and O–H groups in total. The Morgan fingerprint density at radius 2 is 2.20 bits per heavy atom. The van der Waals surface area contributed by atoms with Gasteiger partial charge in [-0.3, -0.25) is 9.59 Å². The molecule has 0 saturated heterocycles. The fraction of sp³-hybridized carbons (Fsp3) is 0.400. The highest BCUT2D eigenvalue weighted by atomic mass is 16.5. The lowest BCUT2D eigenvalue weighted by atomic mass is 10.1. The normalized spacial score (nSPS) is 11.7. The first-order valence-corrected chi connectivity index (χ1v) is 6.56. The number of benzene rings is 1. The molecule has 1 radical (unpaired) electrons. The van der Waals surface area contributed by atoms with Gasteiger partial charge in [-0.25, -0.2) is 0 Å². The number of ether oxygens (including phenoxy) is 1. The van der Waals surface area contributed by atoms with Gasteiger partial charge in [-0.1, -0.05) is 19.1 Å². The highest BCUT2D eigenvalue weighted by molar-refractivity contribution is 5.85. The summed E-state index contributed by atoms with van der Waals surface area (Å²) in [5, 5.41) is 2.78. The molecule has 0 fully saturated rings. The van der Waals surface area contributed by atoms with Gasteiger partial charge in [-0.15, -0.1) is 0 Å². The molecular weight excluding hydrogens is 256 g/mol. The van der Waals surface area contributed by atoms with E-state index in [4.69, 9.17) is 10.5 Å². The Hall–Kier alpha value is -2.04. The molecule has 109 valence electrons. The molecule has 0 aliphatic rings. The van der Waals surface area contributed by atoms with Gasteiger partial charge in [0.2, 0.25) is 11.8 Å². The highest BCUT2D eigenvalue weighted by Gasteiger charge is 2.11. The summed E-state index contributed by atoms with van der Waals surface area (Å²) in [5.41, 5.74) is 6.22. The van der Waals surface area contributed by atoms with Gasteiger partial charge in [0.25, 0.3) is 0 Å². The molecule has 1 rings (SSSR count). The van der Waals surface area contributed by atoms with Crippen LogP contribution in [0.3, 0.4) is 0 Å². The van der Waals surface area contributed by atoms with E-state index in [-0.39, 0.29) is 11.8 Å². The van der Waals surface area contributed by atoms with Crippen LogP contribution < -0.4 is 15.8 Å². The van der Waals surface area contributed by atoms with Crippen molar-refractivity contribution in [2.24, 2.45) is 11.7 Å². The molecular formula is C15H21N2O3. The summed E-state index contributed by atoms with van der Waals surface area (Å²) in [5.74, 6) is -0.0961. The van der Waals surface area contributed by atoms with Gasteiger partial charge in [-0.2, -0.15) is 0 Å². The number of hydrogen-bond acceptors (Lipinski definition) is 3. The van der Waals surface area contributed by atoms with E-state index < -0.39 is 5.91 Å². The highest BCUT2D eigenvalue weighted by Crippen LogP contribution is 2.12. The monoisotopic (exact) mass is 277 g/mol. The summed E-state index contributed by atoms with van der Waals surface area (Å²) in [6.45, 7) is 2.23. The lowest BCUT2D eigenvalue weighted by Crippen LogP contribution is -2.28. The Bertz CT molecular complexity index is 460. The van der Waals surface area contributed by atoms with Gasteiger partial charge in [0.1, 0.15) is 5.75 Å². The number of nitrogens with two attached hydrogens (primary N) is 1. The molecule has 1 aromatic rings. The second-order valence-corrected chi connectivity index (χ2v) is 4.64. The standard InChI is InChI=1S/C15H21N2O3/c1-11(15(16)19)6-7-14(18)17-9-8-12-4-3-5-13(10-12)20-2/h3-5,7,10-11H,6,8-9H2,1-2H3,(H2,16,19)(H,17,18)/t11-/m0/s1. The Labute approximate surface area is 119 Å². The molecule has 20 heavy (non-hydrogen) atoms. The van der Waals surface area contributed by atoms with Crippen molar-refractivity contribution in [2.75, 3.05) is 13.7 Å². The third-order valence-electron chi connectivity index (χ3n) is 2.99. The molecule has 0 aliphatic heterocycles. The molecule has 5 heteroatoms. The van der Waals surface area contributed by atoms with Crippen LogP contribution in [0.25, 0.3) is 0 Å². The molecule has 0 heterocycles. The van der Waals surface area contributed by atoms with Crippen molar-refractivity contribution < 1.29 is 14.3 Å². The van der Waals surface area contributed by atoms with E-state index in [9.17, 15) is 9.59 Å². The van der Waals surface area contributed by atoms with Crippen molar-refractivity contribution in [2.45, 2.75) is 19.8 Å². The van der Waals surface area contributed by atoms with Crippen molar-refractivity contribution in [3.05, 3.63) is 36.2 Å². The topological polar surface area (TPSA) is 81.4 Å². The Morgan fingerprint density at radius 3 is 2.85 bits per heavy atom. The molecule has 0 saturated carbocycles. The third kappa shape index (κ3) is 5.73. The maximum atomic E-state index is 11.5. The molecule has 5 nitrogen and oxygen atoms in total. The maximum Gasteiger partial charge on any atom is 0.223 e. The van der Waals surface area contributed by atoms with E-state index in [0.29, 0.717) is 13.0 Å². The Balaban J connectivity index is 2.26. The van der Waals surface area contributed by atoms with Crippen LogP contribution in [0.1, 0.15) is 18.9 Å². The number of nitrogens with one attached hydrogen (secondary N) is 1. The van der Waals surface area contributed by atoms with Gasteiger partial charge < -0.3 is 15.8 Å². The van der Waals surface area contributed by atoms with Crippen LogP contribution in [-0.2, 0) is 16.0 Å². The first kappa shape index (κ1) is 16.0. The lowest BCUT2D eigenvalue weighted by Gasteiger charge is -2.08. The van der Waals surface area contributed by atoms with Crippen LogP contribution in [0.2, 0.25) is 0 Å². The zero-order valence-corrected chi connectivity index (χ0v) is 11.9. The van der Waals surface area contributed by atoms with Crippen molar-refractivity contribution >= 4 is 11.8 Å². The predicted molar refractivity (Wildman–Crippen MR) is 77.0 cm³/mol. The number of carbonyl (C=O) groups excluding carboxylic acids is 2. The fourth-order valence-electron chi connectivity index (χ4n) is 1.63. The van der Waals surface area contributed by atoms with Crippen molar-refractivity contribution in [1.82, 2.24) is 5.32 Å². The number of hydrogen-bond donors (Lipinski definition) is 2. The molecule has 1 aromatic carbocycles. The van der Waals surface area contributed by atoms with Crippen molar-refractivity contribution in [1.29, 1.82) is 0 Å². The molecule has 1 atom stereocenters. The van der Waals surface area contributed by atoms with Gasteiger partial charge in [0.15, 0.2) is 0 Å². The number of amides is 2. The maximum absolute atomic E-state index is 11.5. The zero-order valence-electron chi connectivity index (χ0n) is 11.9. The SMILES string of the molecule is COc1cccc(CCNC(=O)[CH]C[C@H](C)C(N)=O)c1. The largest absolute Gasteiger partial charge is 0.497 e. The van der Waals surface area contributed by atoms with Gasteiger partial charge in [0, 0.05) is 12.5 Å². The molecule has 0 bridgehead atoms. The molecule has 0 aliphatic carbocycles. The summed E-state index contributed by atoms with van der Waals surface area (Å²) >= 11 is 0. The Morgan fingerprint density at radius 1 is 1.45 bits per heavy atom. The van der Waals surface area contributed by atoms with Crippen molar-refractivity contribution in [3.63, 3.8) is 0 Å².